The van der Waals surface area contributed by atoms with Crippen molar-refractivity contribution in [1.29, 1.82) is 0 Å². The summed E-state index contributed by atoms with van der Waals surface area (Å²) in [5, 5.41) is 6.95. The fourth-order valence-corrected chi connectivity index (χ4v) is 1.82. The quantitative estimate of drug-likeness (QED) is 0.292. The van der Waals surface area contributed by atoms with Gasteiger partial charge in [0, 0.05) is 53.5 Å². The summed E-state index contributed by atoms with van der Waals surface area (Å²) in [6.45, 7) is 8.17. The van der Waals surface area contributed by atoms with Gasteiger partial charge >= 0.3 is 0 Å². The van der Waals surface area contributed by atoms with Gasteiger partial charge in [-0.15, -0.1) is 0 Å². The van der Waals surface area contributed by atoms with Gasteiger partial charge in [-0.05, 0) is 20.8 Å². The van der Waals surface area contributed by atoms with E-state index in [-0.39, 0.29) is 16.6 Å². The second kappa shape index (κ2) is 8.36. The van der Waals surface area contributed by atoms with Crippen LogP contribution in [-0.2, 0) is 0 Å². The van der Waals surface area contributed by atoms with Crippen molar-refractivity contribution in [3.8, 4) is 0 Å². The summed E-state index contributed by atoms with van der Waals surface area (Å²) >= 11 is 13.0. The monoisotopic (exact) mass is 326 g/mol. The van der Waals surface area contributed by atoms with Crippen LogP contribution in [0.2, 0.25) is 0 Å². The van der Waals surface area contributed by atoms with Crippen molar-refractivity contribution < 1.29 is 0 Å². The van der Waals surface area contributed by atoms with Crippen LogP contribution >= 0.6 is 37.9 Å². The van der Waals surface area contributed by atoms with E-state index < -0.39 is 0 Å². The highest BCUT2D eigenvalue weighted by Gasteiger charge is 2.29. The lowest BCUT2D eigenvalue weighted by Gasteiger charge is -2.37. The Hall–Kier alpha value is 0.890. The van der Waals surface area contributed by atoms with Crippen LogP contribution in [0, 0.1) is 0 Å². The Bertz CT molecular complexity index is 259. The van der Waals surface area contributed by atoms with Gasteiger partial charge in [0.05, 0.1) is 0 Å². The first-order chi connectivity index (χ1) is 8.66. The molecule has 0 spiro atoms. The molecule has 3 unspecified atom stereocenters. The number of hydrogen-bond donors (Lipinski definition) is 7. The predicted molar refractivity (Wildman–Crippen MR) is 96.0 cm³/mol. The van der Waals surface area contributed by atoms with Crippen molar-refractivity contribution >= 4 is 37.9 Å². The van der Waals surface area contributed by atoms with Crippen molar-refractivity contribution in [2.45, 2.75) is 37.4 Å². The van der Waals surface area contributed by atoms with Crippen molar-refractivity contribution in [2.24, 2.45) is 11.5 Å². The zero-order valence-corrected chi connectivity index (χ0v) is 14.9. The molecule has 7 heteroatoms. The van der Waals surface area contributed by atoms with E-state index in [1.165, 1.54) is 0 Å². The molecule has 0 aromatic rings. The van der Waals surface area contributed by atoms with Crippen molar-refractivity contribution in [1.82, 2.24) is 10.6 Å². The highest BCUT2D eigenvalue weighted by atomic mass is 32.1. The lowest BCUT2D eigenvalue weighted by molar-refractivity contribution is 0.295. The topological polar surface area (TPSA) is 76.1 Å². The average molecular weight is 327 g/mol. The Morgan fingerprint density at radius 2 is 1.32 bits per heavy atom. The number of thiol groups is 3. The summed E-state index contributed by atoms with van der Waals surface area (Å²) in [6.07, 6.45) is 0. The molecule has 0 radical (unpaired) electrons. The van der Waals surface area contributed by atoms with Crippen LogP contribution in [0.1, 0.15) is 20.8 Å². The molecule has 0 rings (SSSR count). The van der Waals surface area contributed by atoms with E-state index in [2.05, 4.69) is 62.4 Å². The van der Waals surface area contributed by atoms with Gasteiger partial charge in [0.15, 0.2) is 0 Å². The van der Waals surface area contributed by atoms with Crippen LogP contribution in [0.15, 0.2) is 0 Å². The van der Waals surface area contributed by atoms with Gasteiger partial charge in [-0.3, -0.25) is 0 Å². The molecule has 0 aliphatic carbocycles. The van der Waals surface area contributed by atoms with Gasteiger partial charge in [0.25, 0.3) is 0 Å². The summed E-state index contributed by atoms with van der Waals surface area (Å²) in [4.78, 5) is 0. The third-order valence-electron chi connectivity index (χ3n) is 3.33. The lowest BCUT2D eigenvalue weighted by Crippen LogP contribution is -2.62. The summed E-state index contributed by atoms with van der Waals surface area (Å²) in [5.41, 5.74) is 11.2. The highest BCUT2D eigenvalue weighted by Crippen LogP contribution is 2.11. The fourth-order valence-electron chi connectivity index (χ4n) is 1.25. The van der Waals surface area contributed by atoms with Gasteiger partial charge in [-0.2, -0.15) is 37.9 Å². The zero-order chi connectivity index (χ0) is 15.2. The van der Waals surface area contributed by atoms with E-state index in [9.17, 15) is 0 Å². The largest absolute Gasteiger partial charge is 0.329 e. The molecule has 0 aliphatic rings. The van der Waals surface area contributed by atoms with Gasteiger partial charge in [0.1, 0.15) is 0 Å². The minimum Gasteiger partial charge on any atom is -0.329 e. The Morgan fingerprint density at radius 3 is 1.68 bits per heavy atom. The maximum atomic E-state index is 6.10. The van der Waals surface area contributed by atoms with E-state index in [4.69, 9.17) is 11.5 Å². The van der Waals surface area contributed by atoms with Gasteiger partial charge in [-0.1, -0.05) is 0 Å². The van der Waals surface area contributed by atoms with Crippen molar-refractivity contribution in [2.75, 3.05) is 36.9 Å². The van der Waals surface area contributed by atoms with Crippen molar-refractivity contribution in [3.05, 3.63) is 0 Å². The number of rotatable bonds is 10. The standard InChI is InChI=1S/C12H30N4S3/c1-10(14,7-17)5-15-12(3,9-19)6-16-11(2,4-13)8-18/h15-19H,4-9,13-14H2,1-3H3. The Balaban J connectivity index is 4.45. The van der Waals surface area contributed by atoms with Gasteiger partial charge < -0.3 is 22.1 Å². The third-order valence-corrected chi connectivity index (χ3v) is 5.45. The lowest BCUT2D eigenvalue weighted by atomic mass is 9.98. The molecular weight excluding hydrogens is 296 g/mol. The summed E-state index contributed by atoms with van der Waals surface area (Å²) in [5.74, 6) is 2.03. The second-order valence-corrected chi connectivity index (χ2v) is 7.11. The molecule has 0 fully saturated rings. The predicted octanol–water partition coefficient (Wildman–Crippen LogP) is 0.149. The van der Waals surface area contributed by atoms with Crippen LogP contribution in [0.5, 0.6) is 0 Å². The summed E-state index contributed by atoms with van der Waals surface area (Å²) in [6, 6.07) is 0. The molecule has 3 atom stereocenters. The molecule has 116 valence electrons. The Kier molecular flexibility index (Phi) is 8.75. The zero-order valence-electron chi connectivity index (χ0n) is 12.2. The average Bonchev–Trinajstić information content (AvgIpc) is 2.42. The molecule has 0 aliphatic heterocycles. The minimum absolute atomic E-state index is 0.147. The molecule has 19 heavy (non-hydrogen) atoms. The summed E-state index contributed by atoms with van der Waals surface area (Å²) < 4.78 is 0. The van der Waals surface area contributed by atoms with Gasteiger partial charge in [-0.25, -0.2) is 0 Å². The molecule has 0 aromatic heterocycles. The number of nitrogens with one attached hydrogen (secondary N) is 2. The van der Waals surface area contributed by atoms with E-state index >= 15 is 0 Å². The van der Waals surface area contributed by atoms with Crippen LogP contribution in [0.25, 0.3) is 0 Å². The molecule has 6 N–H and O–H groups in total. The van der Waals surface area contributed by atoms with E-state index in [0.717, 1.165) is 6.54 Å². The molecule has 0 saturated carbocycles. The van der Waals surface area contributed by atoms with E-state index in [1.807, 2.05) is 6.92 Å². The normalized spacial score (nSPS) is 21.5. The van der Waals surface area contributed by atoms with Crippen LogP contribution in [0.4, 0.5) is 0 Å². The van der Waals surface area contributed by atoms with Gasteiger partial charge in [0.2, 0.25) is 0 Å². The number of nitrogens with two attached hydrogens (primary N) is 2. The van der Waals surface area contributed by atoms with Crippen molar-refractivity contribution in [3.63, 3.8) is 0 Å². The highest BCUT2D eigenvalue weighted by molar-refractivity contribution is 7.80. The van der Waals surface area contributed by atoms with E-state index in [1.54, 1.807) is 0 Å². The molecule has 0 bridgehead atoms. The maximum absolute atomic E-state index is 6.10. The number of hydrogen-bond acceptors (Lipinski definition) is 7. The maximum Gasteiger partial charge on any atom is 0.0367 e. The molecule has 0 saturated heterocycles. The minimum atomic E-state index is -0.325. The fraction of sp³-hybridized carbons (Fsp3) is 1.00. The summed E-state index contributed by atoms with van der Waals surface area (Å²) in [7, 11) is 0. The molecule has 0 heterocycles. The molecule has 0 aromatic carbocycles. The molecule has 4 nitrogen and oxygen atoms in total. The van der Waals surface area contributed by atoms with Crippen LogP contribution < -0.4 is 22.1 Å². The molecular formula is C12H30N4S3. The Morgan fingerprint density at radius 1 is 0.842 bits per heavy atom. The first-order valence-corrected chi connectivity index (χ1v) is 8.37. The second-order valence-electron chi connectivity index (χ2n) is 6.16. The third kappa shape index (κ3) is 7.45. The Labute approximate surface area is 134 Å². The van der Waals surface area contributed by atoms with Crippen LogP contribution in [0.3, 0.4) is 0 Å². The molecule has 0 amide bonds. The first-order valence-electron chi connectivity index (χ1n) is 6.47. The van der Waals surface area contributed by atoms with Crippen LogP contribution in [-0.4, -0.2) is 53.5 Å². The smallest absolute Gasteiger partial charge is 0.0367 e. The first kappa shape index (κ1) is 19.9. The SMILES string of the molecule is CC(N)(CS)CNC(C)(CS)CNC(C)(CN)CS. The van der Waals surface area contributed by atoms with E-state index in [0.29, 0.717) is 30.3 Å².